The average molecular weight is 481 g/mol. The zero-order chi connectivity index (χ0) is 25.5. The molecule has 0 saturated carbocycles. The molecular weight excluding hydrogens is 458 g/mol. The molecule has 182 valence electrons. The van der Waals surface area contributed by atoms with Crippen molar-refractivity contribution in [3.8, 4) is 11.5 Å². The fourth-order valence-corrected chi connectivity index (χ4v) is 3.39. The predicted octanol–water partition coefficient (Wildman–Crippen LogP) is 3.28. The number of ether oxygens (including phenoxy) is 2. The zero-order valence-corrected chi connectivity index (χ0v) is 18.9. The van der Waals surface area contributed by atoms with Crippen LogP contribution in [0.25, 0.3) is 6.08 Å². The number of nitro groups is 1. The van der Waals surface area contributed by atoms with E-state index >= 15 is 0 Å². The molecule has 0 atom stereocenters. The number of imide groups is 1. The minimum Gasteiger partial charge on any atom is -0.490 e. The van der Waals surface area contributed by atoms with Crippen molar-refractivity contribution in [2.45, 2.75) is 20.0 Å². The van der Waals surface area contributed by atoms with Crippen LogP contribution in [0.3, 0.4) is 0 Å². The average Bonchev–Trinajstić information content (AvgIpc) is 3.06. The third-order valence-corrected chi connectivity index (χ3v) is 4.92. The SMILES string of the molecule is C=CCc1cc(/C=C2/NC(=O)N(CC(=O)O)C2=O)cc(OCC)c1OCc1ccc([N+](=O)[O-])cc1. The van der Waals surface area contributed by atoms with E-state index in [2.05, 4.69) is 11.9 Å². The fraction of sp³-hybridized carbons (Fsp3) is 0.208. The van der Waals surface area contributed by atoms with E-state index in [1.54, 1.807) is 37.3 Å². The van der Waals surface area contributed by atoms with Gasteiger partial charge in [0.1, 0.15) is 18.8 Å². The number of carboxylic acids is 1. The third kappa shape index (κ3) is 6.02. The van der Waals surface area contributed by atoms with Gasteiger partial charge in [0.25, 0.3) is 11.6 Å². The van der Waals surface area contributed by atoms with E-state index < -0.39 is 29.4 Å². The lowest BCUT2D eigenvalue weighted by Crippen LogP contribution is -2.35. The van der Waals surface area contributed by atoms with Gasteiger partial charge in [-0.25, -0.2) is 9.69 Å². The van der Waals surface area contributed by atoms with Gasteiger partial charge in [-0.1, -0.05) is 6.08 Å². The molecule has 35 heavy (non-hydrogen) atoms. The van der Waals surface area contributed by atoms with Crippen LogP contribution in [0.2, 0.25) is 0 Å². The van der Waals surface area contributed by atoms with Gasteiger partial charge >= 0.3 is 12.0 Å². The van der Waals surface area contributed by atoms with Crippen molar-refractivity contribution in [3.05, 3.63) is 81.6 Å². The predicted molar refractivity (Wildman–Crippen MR) is 125 cm³/mol. The number of benzene rings is 2. The number of aliphatic carboxylic acids is 1. The summed E-state index contributed by atoms with van der Waals surface area (Å²) in [5.74, 6) is -1.23. The molecule has 1 saturated heterocycles. The Hall–Kier alpha value is -4.67. The molecule has 0 unspecified atom stereocenters. The van der Waals surface area contributed by atoms with Crippen molar-refractivity contribution >= 4 is 29.7 Å². The molecule has 0 spiro atoms. The van der Waals surface area contributed by atoms with Gasteiger partial charge in [0, 0.05) is 17.7 Å². The summed E-state index contributed by atoms with van der Waals surface area (Å²) in [6.45, 7) is 5.26. The Labute approximate surface area is 200 Å². The summed E-state index contributed by atoms with van der Waals surface area (Å²) in [5, 5.41) is 22.1. The Morgan fingerprint density at radius 3 is 2.54 bits per heavy atom. The van der Waals surface area contributed by atoms with Crippen molar-refractivity contribution in [3.63, 3.8) is 0 Å². The van der Waals surface area contributed by atoms with Gasteiger partial charge in [-0.2, -0.15) is 0 Å². The number of carbonyl (C=O) groups excluding carboxylic acids is 2. The van der Waals surface area contributed by atoms with E-state index in [1.165, 1.54) is 18.2 Å². The fourth-order valence-electron chi connectivity index (χ4n) is 3.39. The summed E-state index contributed by atoms with van der Waals surface area (Å²) in [5.41, 5.74) is 1.84. The number of rotatable bonds is 11. The first-order valence-electron chi connectivity index (χ1n) is 10.6. The first kappa shape index (κ1) is 25.0. The van der Waals surface area contributed by atoms with E-state index in [0.717, 1.165) is 0 Å². The van der Waals surface area contributed by atoms with Crippen LogP contribution in [-0.4, -0.2) is 46.0 Å². The molecule has 2 aromatic rings. The van der Waals surface area contributed by atoms with Gasteiger partial charge in [0.15, 0.2) is 11.5 Å². The van der Waals surface area contributed by atoms with Crippen LogP contribution < -0.4 is 14.8 Å². The topological polar surface area (TPSA) is 148 Å². The number of urea groups is 1. The molecule has 0 radical (unpaired) electrons. The highest BCUT2D eigenvalue weighted by atomic mass is 16.6. The van der Waals surface area contributed by atoms with Gasteiger partial charge in [-0.05, 0) is 54.8 Å². The first-order chi connectivity index (χ1) is 16.7. The van der Waals surface area contributed by atoms with Crippen molar-refractivity contribution in [2.75, 3.05) is 13.2 Å². The van der Waals surface area contributed by atoms with Gasteiger partial charge in [-0.15, -0.1) is 6.58 Å². The second-order valence-corrected chi connectivity index (χ2v) is 7.42. The van der Waals surface area contributed by atoms with E-state index in [-0.39, 0.29) is 18.0 Å². The molecule has 0 aliphatic carbocycles. The van der Waals surface area contributed by atoms with Gasteiger partial charge < -0.3 is 19.9 Å². The molecule has 3 amide bonds. The van der Waals surface area contributed by atoms with E-state index in [4.69, 9.17) is 14.6 Å². The Balaban J connectivity index is 1.91. The number of hydrogen-bond donors (Lipinski definition) is 2. The number of non-ortho nitro benzene ring substituents is 1. The van der Waals surface area contributed by atoms with Crippen molar-refractivity contribution in [2.24, 2.45) is 0 Å². The Kier molecular flexibility index (Phi) is 7.82. The summed E-state index contributed by atoms with van der Waals surface area (Å²) in [4.78, 5) is 46.4. The summed E-state index contributed by atoms with van der Waals surface area (Å²) < 4.78 is 11.8. The molecular formula is C24H23N3O8. The first-order valence-corrected chi connectivity index (χ1v) is 10.6. The standard InChI is InChI=1S/C24H23N3O8/c1-3-5-17-10-16(11-19-23(30)26(13-21(28)29)24(31)25-19)12-20(34-4-2)22(17)35-14-15-6-8-18(9-7-15)27(32)33/h3,6-12H,1,4-5,13-14H2,2H3,(H,25,31)(H,28,29)/b19-11+. The molecule has 0 aromatic heterocycles. The highest BCUT2D eigenvalue weighted by Gasteiger charge is 2.35. The van der Waals surface area contributed by atoms with E-state index in [0.29, 0.717) is 46.1 Å². The van der Waals surface area contributed by atoms with Crippen LogP contribution in [0.1, 0.15) is 23.6 Å². The smallest absolute Gasteiger partial charge is 0.329 e. The molecule has 11 heteroatoms. The van der Waals surface area contributed by atoms with Crippen molar-refractivity contribution < 1.29 is 33.9 Å². The number of carbonyl (C=O) groups is 3. The molecule has 2 aromatic carbocycles. The summed E-state index contributed by atoms with van der Waals surface area (Å²) in [7, 11) is 0. The zero-order valence-electron chi connectivity index (χ0n) is 18.9. The summed E-state index contributed by atoms with van der Waals surface area (Å²) in [6.07, 6.45) is 3.49. The third-order valence-electron chi connectivity index (χ3n) is 4.92. The largest absolute Gasteiger partial charge is 0.490 e. The number of nitrogens with one attached hydrogen (secondary N) is 1. The Bertz CT molecular complexity index is 1200. The maximum Gasteiger partial charge on any atom is 0.329 e. The monoisotopic (exact) mass is 481 g/mol. The van der Waals surface area contributed by atoms with E-state index in [9.17, 15) is 24.5 Å². The molecule has 1 fully saturated rings. The van der Waals surface area contributed by atoms with Gasteiger partial charge in [0.2, 0.25) is 0 Å². The normalized spacial score (nSPS) is 14.1. The second-order valence-electron chi connectivity index (χ2n) is 7.42. The molecule has 11 nitrogen and oxygen atoms in total. The number of nitrogens with zero attached hydrogens (tertiary/aromatic N) is 2. The number of amides is 3. The lowest BCUT2D eigenvalue weighted by atomic mass is 10.0. The highest BCUT2D eigenvalue weighted by Crippen LogP contribution is 2.35. The van der Waals surface area contributed by atoms with Gasteiger partial charge in [0.05, 0.1) is 11.5 Å². The molecule has 0 bridgehead atoms. The van der Waals surface area contributed by atoms with Crippen LogP contribution in [0.4, 0.5) is 10.5 Å². The second kappa shape index (κ2) is 11.0. The number of hydrogen-bond acceptors (Lipinski definition) is 7. The van der Waals surface area contributed by atoms with Crippen LogP contribution >= 0.6 is 0 Å². The number of nitro benzene ring substituents is 1. The van der Waals surface area contributed by atoms with Crippen LogP contribution in [0, 0.1) is 10.1 Å². The lowest BCUT2D eigenvalue weighted by Gasteiger charge is -2.17. The number of carboxylic acid groups (broad SMARTS) is 1. The Morgan fingerprint density at radius 2 is 1.94 bits per heavy atom. The van der Waals surface area contributed by atoms with Crippen molar-refractivity contribution in [1.82, 2.24) is 10.2 Å². The van der Waals surface area contributed by atoms with Crippen LogP contribution in [0.15, 0.2) is 54.8 Å². The summed E-state index contributed by atoms with van der Waals surface area (Å²) in [6, 6.07) is 8.53. The highest BCUT2D eigenvalue weighted by molar-refractivity contribution is 6.15. The van der Waals surface area contributed by atoms with Crippen LogP contribution in [-0.2, 0) is 22.6 Å². The Morgan fingerprint density at radius 1 is 1.23 bits per heavy atom. The maximum absolute atomic E-state index is 12.5. The van der Waals surface area contributed by atoms with E-state index in [1.807, 2.05) is 0 Å². The number of allylic oxidation sites excluding steroid dienone is 1. The molecule has 2 N–H and O–H groups in total. The molecule has 3 rings (SSSR count). The van der Waals surface area contributed by atoms with Gasteiger partial charge in [-0.3, -0.25) is 19.7 Å². The molecule has 1 heterocycles. The molecule has 1 aliphatic heterocycles. The van der Waals surface area contributed by atoms with Crippen LogP contribution in [0.5, 0.6) is 11.5 Å². The lowest BCUT2D eigenvalue weighted by molar-refractivity contribution is -0.384. The summed E-state index contributed by atoms with van der Waals surface area (Å²) >= 11 is 0. The maximum atomic E-state index is 12.5. The minimum atomic E-state index is -1.31. The minimum absolute atomic E-state index is 0.0241. The quantitative estimate of drug-likeness (QED) is 0.163. The molecule has 1 aliphatic rings. The van der Waals surface area contributed by atoms with Crippen molar-refractivity contribution in [1.29, 1.82) is 0 Å².